The second-order valence-electron chi connectivity index (χ2n) is 10.2. The van der Waals surface area contributed by atoms with Crippen molar-refractivity contribution in [3.63, 3.8) is 0 Å². The summed E-state index contributed by atoms with van der Waals surface area (Å²) in [6, 6.07) is 19.4. The molecule has 42 heavy (non-hydrogen) atoms. The Balaban J connectivity index is 1.04. The van der Waals surface area contributed by atoms with Crippen molar-refractivity contribution in [2.75, 3.05) is 55.8 Å². The number of rotatable bonds is 10. The molecule has 11 heteroatoms. The summed E-state index contributed by atoms with van der Waals surface area (Å²) in [5, 5.41) is 1.03. The second-order valence-corrected chi connectivity index (χ2v) is 11.1. The van der Waals surface area contributed by atoms with Gasteiger partial charge in [0.25, 0.3) is 0 Å². The summed E-state index contributed by atoms with van der Waals surface area (Å²) in [6.07, 6.45) is 5.01. The van der Waals surface area contributed by atoms with Crippen LogP contribution in [0.5, 0.6) is 11.6 Å². The van der Waals surface area contributed by atoms with Gasteiger partial charge in [-0.3, -0.25) is 0 Å². The van der Waals surface area contributed by atoms with Crippen LogP contribution in [0.3, 0.4) is 0 Å². The number of halogens is 2. The van der Waals surface area contributed by atoms with Crippen LogP contribution >= 0.6 is 23.2 Å². The number of benzene rings is 2. The van der Waals surface area contributed by atoms with E-state index >= 15 is 0 Å². The summed E-state index contributed by atoms with van der Waals surface area (Å²) >= 11 is 12.7. The van der Waals surface area contributed by atoms with Gasteiger partial charge < -0.3 is 33.3 Å². The van der Waals surface area contributed by atoms with Crippen molar-refractivity contribution < 1.29 is 18.9 Å². The van der Waals surface area contributed by atoms with Crippen LogP contribution in [-0.4, -0.2) is 66.6 Å². The van der Waals surface area contributed by atoms with Crippen molar-refractivity contribution >= 4 is 34.7 Å². The Morgan fingerprint density at radius 2 is 1.79 bits per heavy atom. The Labute approximate surface area is 255 Å². The van der Waals surface area contributed by atoms with Crippen LogP contribution in [-0.2, 0) is 21.8 Å². The van der Waals surface area contributed by atoms with Crippen molar-refractivity contribution in [3.05, 3.63) is 95.0 Å². The van der Waals surface area contributed by atoms with E-state index in [9.17, 15) is 0 Å². The topological polar surface area (TPSA) is 74.1 Å². The lowest BCUT2D eigenvalue weighted by molar-refractivity contribution is -0.189. The van der Waals surface area contributed by atoms with Crippen molar-refractivity contribution in [2.24, 2.45) is 0 Å². The number of piperazine rings is 1. The molecule has 4 heterocycles. The first-order chi connectivity index (χ1) is 20.5. The summed E-state index contributed by atoms with van der Waals surface area (Å²) in [5.41, 5.74) is 1.88. The van der Waals surface area contributed by atoms with E-state index in [2.05, 4.69) is 31.9 Å². The number of imidazole rings is 1. The molecule has 9 nitrogen and oxygen atoms in total. The number of ether oxygens (including phenoxy) is 4. The smallest absolute Gasteiger partial charge is 0.215 e. The van der Waals surface area contributed by atoms with Gasteiger partial charge in [-0.2, -0.15) is 4.98 Å². The molecule has 2 aromatic carbocycles. The molecule has 220 valence electrons. The Morgan fingerprint density at radius 3 is 2.52 bits per heavy atom. The molecule has 0 aliphatic carbocycles. The van der Waals surface area contributed by atoms with Crippen LogP contribution in [0.2, 0.25) is 10.0 Å². The fourth-order valence-corrected chi connectivity index (χ4v) is 5.87. The highest BCUT2D eigenvalue weighted by Crippen LogP contribution is 2.40. The highest BCUT2D eigenvalue weighted by molar-refractivity contribution is 6.35. The van der Waals surface area contributed by atoms with Crippen LogP contribution < -0.4 is 19.3 Å². The molecule has 0 radical (unpaired) electrons. The van der Waals surface area contributed by atoms with Gasteiger partial charge in [0.05, 0.1) is 31.1 Å². The van der Waals surface area contributed by atoms with Crippen LogP contribution in [0, 0.1) is 0 Å². The van der Waals surface area contributed by atoms with Gasteiger partial charge in [0, 0.05) is 60.9 Å². The number of nitrogens with zero attached hydrogens (tertiary/aromatic N) is 5. The number of anilines is 2. The van der Waals surface area contributed by atoms with E-state index in [0.29, 0.717) is 47.9 Å². The third-order valence-corrected chi connectivity index (χ3v) is 7.94. The van der Waals surface area contributed by atoms with E-state index < -0.39 is 5.79 Å². The summed E-state index contributed by atoms with van der Waals surface area (Å²) < 4.78 is 26.4. The molecule has 2 atom stereocenters. The highest BCUT2D eigenvalue weighted by atomic mass is 35.5. The minimum atomic E-state index is -1.08. The molecule has 0 N–H and O–H groups in total. The van der Waals surface area contributed by atoms with E-state index in [1.54, 1.807) is 24.7 Å². The van der Waals surface area contributed by atoms with E-state index in [-0.39, 0.29) is 6.10 Å². The van der Waals surface area contributed by atoms with Gasteiger partial charge in [0.15, 0.2) is 0 Å². The average Bonchev–Trinajstić information content (AvgIpc) is 3.67. The van der Waals surface area contributed by atoms with E-state index in [1.807, 2.05) is 54.1 Å². The zero-order chi connectivity index (χ0) is 28.9. The number of hydrogen-bond acceptors (Lipinski definition) is 8. The van der Waals surface area contributed by atoms with Crippen LogP contribution in [0.25, 0.3) is 0 Å². The predicted molar refractivity (Wildman–Crippen MR) is 163 cm³/mol. The molecular weight excluding hydrogens is 577 g/mol. The normalized spacial score (nSPS) is 20.6. The lowest BCUT2D eigenvalue weighted by atomic mass is 10.1. The van der Waals surface area contributed by atoms with E-state index in [0.717, 1.165) is 43.4 Å². The van der Waals surface area contributed by atoms with Crippen molar-refractivity contribution in [3.8, 4) is 11.6 Å². The molecule has 0 saturated carbocycles. The Kier molecular flexibility index (Phi) is 8.71. The molecule has 2 saturated heterocycles. The summed E-state index contributed by atoms with van der Waals surface area (Å²) in [4.78, 5) is 13.5. The SMILES string of the molecule is CCOc1cccc(N2CCN(c3ccc(OCC4COC(Cn5ccnc5)(c5ccc(Cl)cc5Cl)O4)cc3)CC2)n1. The monoisotopic (exact) mass is 609 g/mol. The van der Waals surface area contributed by atoms with Crippen molar-refractivity contribution in [1.82, 2.24) is 14.5 Å². The first-order valence-corrected chi connectivity index (χ1v) is 14.8. The first-order valence-electron chi connectivity index (χ1n) is 14.1. The van der Waals surface area contributed by atoms with Gasteiger partial charge in [0.2, 0.25) is 11.7 Å². The van der Waals surface area contributed by atoms with Gasteiger partial charge in [-0.05, 0) is 49.4 Å². The molecule has 0 amide bonds. The minimum Gasteiger partial charge on any atom is -0.491 e. The first kappa shape index (κ1) is 28.6. The minimum absolute atomic E-state index is 0.289. The number of hydrogen-bond donors (Lipinski definition) is 0. The average molecular weight is 611 g/mol. The van der Waals surface area contributed by atoms with E-state index in [4.69, 9.17) is 42.1 Å². The quantitative estimate of drug-likeness (QED) is 0.228. The van der Waals surface area contributed by atoms with Gasteiger partial charge in [-0.1, -0.05) is 35.3 Å². The summed E-state index contributed by atoms with van der Waals surface area (Å²) in [7, 11) is 0. The second kappa shape index (κ2) is 12.8. The summed E-state index contributed by atoms with van der Waals surface area (Å²) in [5.74, 6) is 1.31. The lowest BCUT2D eigenvalue weighted by Gasteiger charge is -2.36. The molecule has 2 unspecified atom stereocenters. The molecule has 0 bridgehead atoms. The Bertz CT molecular complexity index is 1460. The van der Waals surface area contributed by atoms with Crippen LogP contribution in [0.4, 0.5) is 11.5 Å². The van der Waals surface area contributed by atoms with Gasteiger partial charge in [-0.25, -0.2) is 4.98 Å². The molecule has 2 aliphatic heterocycles. The van der Waals surface area contributed by atoms with Crippen molar-refractivity contribution in [2.45, 2.75) is 25.4 Å². The molecule has 2 aromatic heterocycles. The van der Waals surface area contributed by atoms with E-state index in [1.165, 1.54) is 0 Å². The Morgan fingerprint density at radius 1 is 0.976 bits per heavy atom. The predicted octanol–water partition coefficient (Wildman–Crippen LogP) is 5.66. The van der Waals surface area contributed by atoms with Crippen LogP contribution in [0.15, 0.2) is 79.4 Å². The molecule has 4 aromatic rings. The highest BCUT2D eigenvalue weighted by Gasteiger charge is 2.45. The lowest BCUT2D eigenvalue weighted by Crippen LogP contribution is -2.46. The zero-order valence-corrected chi connectivity index (χ0v) is 24.9. The third kappa shape index (κ3) is 6.44. The molecule has 6 rings (SSSR count). The van der Waals surface area contributed by atoms with Gasteiger partial charge in [0.1, 0.15) is 24.3 Å². The standard InChI is InChI=1S/C31H33Cl2N5O4/c1-2-39-30-5-3-4-29(35-30)38-16-14-37(15-17-38)24-7-9-25(10-8-24)40-19-26-20-41-31(42-26,21-36-13-12-34-22-36)27-11-6-23(32)18-28(27)33/h3-13,18,22,26H,2,14-17,19-21H2,1H3. The number of pyridine rings is 1. The third-order valence-electron chi connectivity index (χ3n) is 7.39. The molecular formula is C31H33Cl2N5O4. The van der Waals surface area contributed by atoms with Gasteiger partial charge in [-0.15, -0.1) is 0 Å². The Hall–Kier alpha value is -3.50. The zero-order valence-electron chi connectivity index (χ0n) is 23.4. The fraction of sp³-hybridized carbons (Fsp3) is 0.355. The maximum Gasteiger partial charge on any atom is 0.215 e. The molecule has 0 spiro atoms. The van der Waals surface area contributed by atoms with Crippen molar-refractivity contribution in [1.29, 1.82) is 0 Å². The molecule has 2 fully saturated rings. The van der Waals surface area contributed by atoms with Gasteiger partial charge >= 0.3 is 0 Å². The van der Waals surface area contributed by atoms with Crippen LogP contribution in [0.1, 0.15) is 12.5 Å². The maximum absolute atomic E-state index is 6.58. The largest absolute Gasteiger partial charge is 0.491 e. The fourth-order valence-electron chi connectivity index (χ4n) is 5.32. The maximum atomic E-state index is 6.58. The summed E-state index contributed by atoms with van der Waals surface area (Å²) in [6.45, 7) is 7.24. The molecule has 2 aliphatic rings. The number of aromatic nitrogens is 3.